The molecule has 0 aliphatic rings. The molecule has 0 radical (unpaired) electrons. The van der Waals surface area contributed by atoms with Crippen molar-refractivity contribution in [2.45, 2.75) is 19.5 Å². The first-order valence-electron chi connectivity index (χ1n) is 5.50. The van der Waals surface area contributed by atoms with Crippen LogP contribution in [0.1, 0.15) is 12.6 Å². The van der Waals surface area contributed by atoms with Crippen LogP contribution in [-0.4, -0.2) is 42.0 Å². The van der Waals surface area contributed by atoms with Crippen LogP contribution in [0.15, 0.2) is 18.2 Å². The van der Waals surface area contributed by atoms with E-state index in [1.54, 1.807) is 0 Å². The molecule has 4 heteroatoms. The lowest BCUT2D eigenvalue weighted by atomic mass is 10.3. The van der Waals surface area contributed by atoms with Gasteiger partial charge in [-0.3, -0.25) is 4.90 Å². The van der Waals surface area contributed by atoms with Gasteiger partial charge in [0.25, 0.3) is 0 Å². The van der Waals surface area contributed by atoms with E-state index in [2.05, 4.69) is 41.5 Å². The highest BCUT2D eigenvalue weighted by molar-refractivity contribution is 7.98. The molecule has 1 heterocycles. The van der Waals surface area contributed by atoms with Crippen molar-refractivity contribution in [3.63, 3.8) is 0 Å². The van der Waals surface area contributed by atoms with E-state index in [-0.39, 0.29) is 0 Å². The number of hydrogen-bond acceptors (Lipinski definition) is 4. The summed E-state index contributed by atoms with van der Waals surface area (Å²) < 4.78 is 0. The molecular formula is C12H21N3S. The lowest BCUT2D eigenvalue weighted by Gasteiger charge is -2.23. The summed E-state index contributed by atoms with van der Waals surface area (Å²) in [6.45, 7) is 3.15. The molecule has 1 rings (SSSR count). The van der Waals surface area contributed by atoms with Crippen molar-refractivity contribution in [2.24, 2.45) is 0 Å². The largest absolute Gasteiger partial charge is 0.373 e. The Morgan fingerprint density at radius 3 is 2.88 bits per heavy atom. The van der Waals surface area contributed by atoms with E-state index < -0.39 is 0 Å². The van der Waals surface area contributed by atoms with Crippen molar-refractivity contribution >= 4 is 17.6 Å². The quantitative estimate of drug-likeness (QED) is 0.824. The molecule has 90 valence electrons. The smallest absolute Gasteiger partial charge is 0.126 e. The van der Waals surface area contributed by atoms with Gasteiger partial charge in [-0.1, -0.05) is 6.07 Å². The van der Waals surface area contributed by atoms with Crippen LogP contribution in [0.25, 0.3) is 0 Å². The van der Waals surface area contributed by atoms with E-state index in [1.165, 1.54) is 0 Å². The van der Waals surface area contributed by atoms with Crippen molar-refractivity contribution < 1.29 is 0 Å². The predicted molar refractivity (Wildman–Crippen MR) is 73.1 cm³/mol. The molecule has 0 spiro atoms. The Balaban J connectivity index is 2.58. The second-order valence-electron chi connectivity index (χ2n) is 3.98. The van der Waals surface area contributed by atoms with Crippen molar-refractivity contribution in [1.29, 1.82) is 0 Å². The van der Waals surface area contributed by atoms with Gasteiger partial charge < -0.3 is 5.32 Å². The van der Waals surface area contributed by atoms with Gasteiger partial charge in [0, 0.05) is 25.4 Å². The van der Waals surface area contributed by atoms with Crippen LogP contribution in [0.4, 0.5) is 5.82 Å². The van der Waals surface area contributed by atoms with Crippen LogP contribution < -0.4 is 5.32 Å². The molecule has 16 heavy (non-hydrogen) atoms. The van der Waals surface area contributed by atoms with Crippen LogP contribution in [-0.2, 0) is 6.54 Å². The molecule has 3 nitrogen and oxygen atoms in total. The van der Waals surface area contributed by atoms with Gasteiger partial charge in [0.1, 0.15) is 5.82 Å². The Labute approximate surface area is 103 Å². The van der Waals surface area contributed by atoms with Crippen molar-refractivity contribution in [1.82, 2.24) is 9.88 Å². The molecule has 0 aromatic carbocycles. The number of hydrogen-bond donors (Lipinski definition) is 1. The third kappa shape index (κ3) is 4.02. The minimum Gasteiger partial charge on any atom is -0.373 e. The number of aromatic nitrogens is 1. The molecule has 1 atom stereocenters. The Morgan fingerprint density at radius 2 is 2.25 bits per heavy atom. The Bertz CT molecular complexity index is 317. The summed E-state index contributed by atoms with van der Waals surface area (Å²) in [7, 11) is 4.04. The summed E-state index contributed by atoms with van der Waals surface area (Å²) in [6.07, 6.45) is 2.14. The van der Waals surface area contributed by atoms with E-state index >= 15 is 0 Å². The summed E-state index contributed by atoms with van der Waals surface area (Å²) in [6, 6.07) is 6.68. The third-order valence-electron chi connectivity index (χ3n) is 2.63. The molecule has 1 unspecified atom stereocenters. The molecule has 1 aromatic heterocycles. The van der Waals surface area contributed by atoms with Gasteiger partial charge in [0.15, 0.2) is 0 Å². The highest BCUT2D eigenvalue weighted by Gasteiger charge is 2.09. The first-order chi connectivity index (χ1) is 7.67. The zero-order chi connectivity index (χ0) is 12.0. The average Bonchev–Trinajstić information content (AvgIpc) is 2.29. The summed E-state index contributed by atoms with van der Waals surface area (Å²) in [5, 5.41) is 3.06. The topological polar surface area (TPSA) is 28.2 Å². The van der Waals surface area contributed by atoms with Crippen LogP contribution >= 0.6 is 11.8 Å². The lowest BCUT2D eigenvalue weighted by molar-refractivity contribution is 0.267. The van der Waals surface area contributed by atoms with E-state index in [0.717, 1.165) is 23.8 Å². The lowest BCUT2D eigenvalue weighted by Crippen LogP contribution is -2.30. The number of thioether (sulfide) groups is 1. The fraction of sp³-hybridized carbons (Fsp3) is 0.583. The average molecular weight is 239 g/mol. The minimum atomic E-state index is 0.579. The minimum absolute atomic E-state index is 0.579. The van der Waals surface area contributed by atoms with E-state index in [4.69, 9.17) is 0 Å². The second-order valence-corrected chi connectivity index (χ2v) is 4.89. The molecule has 1 aromatic rings. The molecule has 0 aliphatic carbocycles. The molecule has 0 amide bonds. The Morgan fingerprint density at radius 1 is 1.50 bits per heavy atom. The third-order valence-corrected chi connectivity index (χ3v) is 3.45. The zero-order valence-electron chi connectivity index (χ0n) is 10.5. The fourth-order valence-corrected chi connectivity index (χ4v) is 2.22. The maximum absolute atomic E-state index is 4.51. The first kappa shape index (κ1) is 13.3. The van der Waals surface area contributed by atoms with E-state index in [0.29, 0.717) is 6.04 Å². The van der Waals surface area contributed by atoms with Gasteiger partial charge in [-0.2, -0.15) is 11.8 Å². The number of rotatable bonds is 6. The number of nitrogens with one attached hydrogen (secondary N) is 1. The Kier molecular flexibility index (Phi) is 5.63. The zero-order valence-corrected chi connectivity index (χ0v) is 11.3. The molecule has 0 aliphatic heterocycles. The molecule has 1 N–H and O–H groups in total. The summed E-state index contributed by atoms with van der Waals surface area (Å²) in [5.74, 6) is 2.09. The van der Waals surface area contributed by atoms with Crippen LogP contribution in [0.3, 0.4) is 0 Å². The van der Waals surface area contributed by atoms with Gasteiger partial charge >= 0.3 is 0 Å². The highest BCUT2D eigenvalue weighted by atomic mass is 32.2. The van der Waals surface area contributed by atoms with Crippen LogP contribution in [0, 0.1) is 0 Å². The Hall–Kier alpha value is -0.740. The van der Waals surface area contributed by atoms with E-state index in [1.807, 2.05) is 30.9 Å². The fourth-order valence-electron chi connectivity index (χ4n) is 1.49. The standard InChI is InChI=1S/C12H21N3S/c1-10(9-16-4)15(3)8-11-6-5-7-12(13-2)14-11/h5-7,10H,8-9H2,1-4H3,(H,13,14). The van der Waals surface area contributed by atoms with Gasteiger partial charge in [-0.05, 0) is 32.4 Å². The highest BCUT2D eigenvalue weighted by Crippen LogP contribution is 2.10. The normalized spacial score (nSPS) is 12.8. The maximum Gasteiger partial charge on any atom is 0.126 e. The first-order valence-corrected chi connectivity index (χ1v) is 6.89. The summed E-state index contributed by atoms with van der Waals surface area (Å²) in [5.41, 5.74) is 1.11. The van der Waals surface area contributed by atoms with Gasteiger partial charge in [-0.25, -0.2) is 4.98 Å². The number of pyridine rings is 1. The SMILES string of the molecule is CNc1cccc(CN(C)C(C)CSC)n1. The van der Waals surface area contributed by atoms with Crippen molar-refractivity contribution in [2.75, 3.05) is 31.4 Å². The van der Waals surface area contributed by atoms with Gasteiger partial charge in [0.05, 0.1) is 5.69 Å². The van der Waals surface area contributed by atoms with Gasteiger partial charge in [-0.15, -0.1) is 0 Å². The summed E-state index contributed by atoms with van der Waals surface area (Å²) in [4.78, 5) is 6.85. The maximum atomic E-state index is 4.51. The van der Waals surface area contributed by atoms with Crippen molar-refractivity contribution in [3.8, 4) is 0 Å². The molecule has 0 fully saturated rings. The summed E-state index contributed by atoms with van der Waals surface area (Å²) >= 11 is 1.88. The number of nitrogens with zero attached hydrogens (tertiary/aromatic N) is 2. The predicted octanol–water partition coefficient (Wildman–Crippen LogP) is 2.31. The molecule has 0 saturated heterocycles. The monoisotopic (exact) mass is 239 g/mol. The molecular weight excluding hydrogens is 218 g/mol. The van der Waals surface area contributed by atoms with Crippen molar-refractivity contribution in [3.05, 3.63) is 23.9 Å². The molecule has 0 bridgehead atoms. The second kappa shape index (κ2) is 6.76. The van der Waals surface area contributed by atoms with E-state index in [9.17, 15) is 0 Å². The number of anilines is 1. The van der Waals surface area contributed by atoms with Gasteiger partial charge in [0.2, 0.25) is 0 Å². The van der Waals surface area contributed by atoms with Crippen LogP contribution in [0.2, 0.25) is 0 Å². The van der Waals surface area contributed by atoms with Crippen LogP contribution in [0.5, 0.6) is 0 Å². The molecule has 0 saturated carbocycles.